The number of aromatic nitrogens is 4. The van der Waals surface area contributed by atoms with Gasteiger partial charge in [0.1, 0.15) is 17.8 Å². The molecule has 2 aromatic carbocycles. The largest absolute Gasteiger partial charge is 0.507 e. The number of β-amino-alcohol motifs (C(OH)–C–C–N with tert-alkyl or cyclic N) is 1. The van der Waals surface area contributed by atoms with Gasteiger partial charge in [0.2, 0.25) is 23.7 Å². The van der Waals surface area contributed by atoms with Crippen LogP contribution in [0, 0.1) is 29.1 Å². The molecule has 3 saturated heterocycles. The number of phenols is 1. The lowest BCUT2D eigenvalue weighted by Gasteiger charge is -2.55. The Labute approximate surface area is 411 Å². The van der Waals surface area contributed by atoms with Crippen molar-refractivity contribution in [1.29, 1.82) is 0 Å². The number of rotatable bonds is 10. The van der Waals surface area contributed by atoms with E-state index in [-0.39, 0.29) is 60.4 Å². The highest BCUT2D eigenvalue weighted by molar-refractivity contribution is 5.93. The zero-order valence-electron chi connectivity index (χ0n) is 40.7. The zero-order valence-corrected chi connectivity index (χ0v) is 40.7. The molecule has 1 spiro atoms. The summed E-state index contributed by atoms with van der Waals surface area (Å²) in [7, 11) is 0. The van der Waals surface area contributed by atoms with Gasteiger partial charge >= 0.3 is 0 Å². The van der Waals surface area contributed by atoms with Gasteiger partial charge in [0.25, 0.3) is 0 Å². The summed E-state index contributed by atoms with van der Waals surface area (Å²) in [6.07, 6.45) is 17.0. The second kappa shape index (κ2) is 19.5. The molecule has 0 radical (unpaired) electrons. The quantitative estimate of drug-likeness (QED) is 0.133. The Morgan fingerprint density at radius 2 is 1.64 bits per heavy atom. The summed E-state index contributed by atoms with van der Waals surface area (Å²) in [5.74, 6) is 3.81. The number of nitrogens with one attached hydrogen (secondary N) is 3. The predicted octanol–water partition coefficient (Wildman–Crippen LogP) is 5.07. The van der Waals surface area contributed by atoms with E-state index < -0.39 is 23.6 Å². The summed E-state index contributed by atoms with van der Waals surface area (Å²) >= 11 is 0. The van der Waals surface area contributed by atoms with E-state index in [1.54, 1.807) is 12.1 Å². The second-order valence-corrected chi connectivity index (χ2v) is 21.9. The summed E-state index contributed by atoms with van der Waals surface area (Å²) in [6, 6.07) is 15.7. The maximum atomic E-state index is 14.2. The van der Waals surface area contributed by atoms with Crippen LogP contribution in [-0.4, -0.2) is 134 Å². The maximum absolute atomic E-state index is 14.2. The SMILES string of the molecule is C#Cc1ccc(CNC(=O)[C@@H]2C[C@@H](O)CN2C(=O)[C@@H](NC(=O)C2CCC3(CC2)CC(N2CCC(c4cnc(N5CCN6c7cc(-c8ccccc8O)nnc7NC[C@H]6C5)nc4)CC2)C3)C(C)(C)C)cc1. The number of phenolic OH excluding ortho intramolecular Hbond substituents is 1. The molecule has 0 bridgehead atoms. The Morgan fingerprint density at radius 1 is 0.914 bits per heavy atom. The molecule has 4 aromatic rings. The average molecular weight is 950 g/mol. The van der Waals surface area contributed by atoms with Crippen LogP contribution in [-0.2, 0) is 20.9 Å². The molecule has 6 aliphatic rings. The van der Waals surface area contributed by atoms with E-state index in [1.807, 2.05) is 75.6 Å². The number of para-hydroxylation sites is 1. The number of amides is 3. The fourth-order valence-corrected chi connectivity index (χ4v) is 12.1. The van der Waals surface area contributed by atoms with E-state index in [9.17, 15) is 24.6 Å². The molecule has 4 atom stereocenters. The van der Waals surface area contributed by atoms with Crippen LogP contribution in [0.4, 0.5) is 17.5 Å². The number of carbonyl (C=O) groups excluding carboxylic acids is 3. The predicted molar refractivity (Wildman–Crippen MR) is 268 cm³/mol. The number of aliphatic hydroxyl groups excluding tert-OH is 1. The van der Waals surface area contributed by atoms with Gasteiger partial charge in [0, 0.05) is 81.2 Å². The Balaban J connectivity index is 0.667. The highest BCUT2D eigenvalue weighted by Crippen LogP contribution is 2.55. The number of terminal acetylenes is 1. The van der Waals surface area contributed by atoms with Gasteiger partial charge in [-0.2, -0.15) is 0 Å². The van der Waals surface area contributed by atoms with Crippen molar-refractivity contribution in [2.45, 2.75) is 121 Å². The van der Waals surface area contributed by atoms with E-state index in [1.165, 1.54) is 23.3 Å². The summed E-state index contributed by atoms with van der Waals surface area (Å²) in [6.45, 7) is 11.3. The maximum Gasteiger partial charge on any atom is 0.246 e. The van der Waals surface area contributed by atoms with Crippen LogP contribution in [0.15, 0.2) is 67.0 Å². The lowest BCUT2D eigenvalue weighted by Crippen LogP contribution is -2.59. The van der Waals surface area contributed by atoms with Crippen LogP contribution in [0.25, 0.3) is 11.3 Å². The second-order valence-electron chi connectivity index (χ2n) is 21.9. The molecule has 3 amide bonds. The molecule has 0 unspecified atom stereocenters. The van der Waals surface area contributed by atoms with E-state index in [2.05, 4.69) is 46.8 Å². The Morgan fingerprint density at radius 3 is 2.34 bits per heavy atom. The number of nitrogens with zero attached hydrogens (tertiary/aromatic N) is 8. The van der Waals surface area contributed by atoms with E-state index >= 15 is 0 Å². The van der Waals surface area contributed by atoms with Crippen molar-refractivity contribution in [3.8, 4) is 29.4 Å². The van der Waals surface area contributed by atoms with Crippen LogP contribution in [0.1, 0.15) is 101 Å². The van der Waals surface area contributed by atoms with Gasteiger partial charge in [0.15, 0.2) is 5.82 Å². The molecule has 368 valence electrons. The normalized spacial score (nSPS) is 26.3. The highest BCUT2D eigenvalue weighted by Gasteiger charge is 2.50. The lowest BCUT2D eigenvalue weighted by atomic mass is 9.56. The molecule has 70 heavy (non-hydrogen) atoms. The van der Waals surface area contributed by atoms with E-state index in [4.69, 9.17) is 16.4 Å². The monoisotopic (exact) mass is 950 g/mol. The minimum absolute atomic E-state index is 0.0417. The van der Waals surface area contributed by atoms with Crippen molar-refractivity contribution in [2.75, 3.05) is 60.9 Å². The molecule has 4 aliphatic heterocycles. The van der Waals surface area contributed by atoms with Gasteiger partial charge in [-0.15, -0.1) is 16.6 Å². The van der Waals surface area contributed by atoms with Crippen molar-refractivity contribution in [3.63, 3.8) is 0 Å². The van der Waals surface area contributed by atoms with Gasteiger partial charge in [0.05, 0.1) is 23.5 Å². The van der Waals surface area contributed by atoms with E-state index in [0.717, 1.165) is 106 Å². The number of anilines is 3. The van der Waals surface area contributed by atoms with Gasteiger partial charge in [-0.3, -0.25) is 14.4 Å². The molecule has 10 rings (SSSR count). The van der Waals surface area contributed by atoms with Crippen molar-refractivity contribution >= 4 is 35.2 Å². The van der Waals surface area contributed by atoms with Crippen LogP contribution >= 0.6 is 0 Å². The molecule has 6 heterocycles. The van der Waals surface area contributed by atoms with Crippen molar-refractivity contribution < 1.29 is 24.6 Å². The topological polar surface area (TPSA) is 192 Å². The number of likely N-dealkylation sites (tertiary alicyclic amines) is 2. The van der Waals surface area contributed by atoms with Crippen LogP contribution < -0.4 is 25.8 Å². The first-order valence-electron chi connectivity index (χ1n) is 25.3. The number of hydrogen-bond donors (Lipinski definition) is 5. The first-order chi connectivity index (χ1) is 33.7. The summed E-state index contributed by atoms with van der Waals surface area (Å²) in [5, 5.41) is 39.5. The van der Waals surface area contributed by atoms with Crippen molar-refractivity contribution in [2.24, 2.45) is 16.7 Å². The first kappa shape index (κ1) is 47.4. The lowest BCUT2D eigenvalue weighted by molar-refractivity contribution is -0.145. The van der Waals surface area contributed by atoms with Crippen LogP contribution in [0.2, 0.25) is 0 Å². The third-order valence-electron chi connectivity index (χ3n) is 16.3. The third kappa shape index (κ3) is 9.75. The zero-order chi connectivity index (χ0) is 48.7. The van der Waals surface area contributed by atoms with Crippen LogP contribution in [0.3, 0.4) is 0 Å². The number of aromatic hydroxyl groups is 1. The number of fused-ring (bicyclic) bond motifs is 3. The minimum atomic E-state index is -0.840. The molecule has 2 aliphatic carbocycles. The van der Waals surface area contributed by atoms with Gasteiger partial charge in [-0.1, -0.05) is 51.0 Å². The number of piperidine rings is 1. The molecule has 16 heteroatoms. The molecule has 5 N–H and O–H groups in total. The minimum Gasteiger partial charge on any atom is -0.507 e. The van der Waals surface area contributed by atoms with Gasteiger partial charge in [-0.25, -0.2) is 9.97 Å². The Kier molecular flexibility index (Phi) is 13.2. The standard InChI is InChI=1S/C54H67N11O5/c1-5-34-10-12-35(13-11-34)28-56-50(69)45-24-41(66)33-65(45)51(70)47(53(2,3)4)59-49(68)37-14-18-54(19-15-37)26-39(27-54)62-20-16-36(17-21-62)38-29-57-52(58-30-38)63-22-23-64-40(32-63)31-55-48-44(64)25-43(60-61-48)42-8-6-7-9-46(42)67/h1,6-13,25,29-30,36-37,39-41,45,47,66-67H,14-24,26-28,31-33H2,2-4H3,(H,55,61)(H,56,69)(H,59,68)/t37?,39?,40-,41+,45-,47+,54?/m0/s1. The number of aliphatic hydroxyl groups is 1. The average Bonchev–Trinajstić information content (AvgIpc) is 3.77. The summed E-state index contributed by atoms with van der Waals surface area (Å²) in [5.41, 5.74) is 4.82. The third-order valence-corrected chi connectivity index (χ3v) is 16.3. The van der Waals surface area contributed by atoms with Crippen LogP contribution in [0.5, 0.6) is 5.75 Å². The van der Waals surface area contributed by atoms with Gasteiger partial charge < -0.3 is 45.8 Å². The van der Waals surface area contributed by atoms with Crippen molar-refractivity contribution in [3.05, 3.63) is 83.7 Å². The summed E-state index contributed by atoms with van der Waals surface area (Å²) in [4.78, 5) is 60.2. The number of hydrogen-bond acceptors (Lipinski definition) is 13. The smallest absolute Gasteiger partial charge is 0.246 e. The number of piperazine rings is 1. The summed E-state index contributed by atoms with van der Waals surface area (Å²) < 4.78 is 0. The fourth-order valence-electron chi connectivity index (χ4n) is 12.1. The molecule has 5 fully saturated rings. The van der Waals surface area contributed by atoms with Gasteiger partial charge in [-0.05, 0) is 123 Å². The molecular weight excluding hydrogens is 883 g/mol. The molecular formula is C54H67N11O5. The van der Waals surface area contributed by atoms with E-state index in [0.29, 0.717) is 23.2 Å². The Bertz CT molecular complexity index is 2590. The first-order valence-corrected chi connectivity index (χ1v) is 25.3. The number of carbonyl (C=O) groups is 3. The van der Waals surface area contributed by atoms with Crippen molar-refractivity contribution in [1.82, 2.24) is 40.6 Å². The molecule has 2 saturated carbocycles. The molecule has 16 nitrogen and oxygen atoms in total. The highest BCUT2D eigenvalue weighted by atomic mass is 16.3. The number of benzene rings is 2. The fraction of sp³-hybridized carbons (Fsp3) is 0.537. The molecule has 2 aromatic heterocycles. The Hall–Kier alpha value is -6.31.